The number of carbonyl (C=O) groups excluding carboxylic acids is 3. The summed E-state index contributed by atoms with van der Waals surface area (Å²) >= 11 is 1.22. The van der Waals surface area contributed by atoms with Gasteiger partial charge in [0, 0.05) is 4.88 Å². The van der Waals surface area contributed by atoms with E-state index in [1.54, 1.807) is 6.07 Å². The molecule has 1 aliphatic rings. The standard InChI is InChI=1S/C23H28N4O4S/c1-13-11-15(19-12-17(20(25)28)21(32-19)27-23(26)30)10-9-14(13)5-4-8-18(24)22(29)31-16-6-2-3-7-16/h4-5,9-12,16,18H,2-3,6-8,24H2,1H3,(H2,25,28)(H3,26,27,30)/t18-/m0/s1. The Morgan fingerprint density at radius 3 is 2.56 bits per heavy atom. The average Bonchev–Trinajstić information content (AvgIpc) is 3.38. The molecule has 1 saturated carbocycles. The van der Waals surface area contributed by atoms with Crippen LogP contribution in [0.1, 0.15) is 53.6 Å². The molecular formula is C23H28N4O4S. The number of ether oxygens (including phenoxy) is 1. The van der Waals surface area contributed by atoms with Gasteiger partial charge < -0.3 is 21.9 Å². The molecule has 1 heterocycles. The quantitative estimate of drug-likeness (QED) is 0.448. The molecule has 32 heavy (non-hydrogen) atoms. The molecule has 0 bridgehead atoms. The molecule has 3 rings (SSSR count). The Morgan fingerprint density at radius 1 is 1.22 bits per heavy atom. The molecule has 0 spiro atoms. The normalized spacial score (nSPS) is 15.1. The number of esters is 1. The van der Waals surface area contributed by atoms with Crippen LogP contribution in [0.2, 0.25) is 0 Å². The lowest BCUT2D eigenvalue weighted by atomic mass is 10.0. The molecule has 2 aromatic rings. The molecule has 1 aromatic heterocycles. The minimum absolute atomic E-state index is 0.0124. The van der Waals surface area contributed by atoms with Crippen LogP contribution in [-0.4, -0.2) is 30.1 Å². The molecule has 1 atom stereocenters. The van der Waals surface area contributed by atoms with E-state index >= 15 is 0 Å². The molecule has 170 valence electrons. The van der Waals surface area contributed by atoms with E-state index in [-0.39, 0.29) is 17.6 Å². The minimum Gasteiger partial charge on any atom is -0.461 e. The molecule has 0 radical (unpaired) electrons. The molecule has 1 aromatic carbocycles. The van der Waals surface area contributed by atoms with Gasteiger partial charge in [0.1, 0.15) is 17.1 Å². The summed E-state index contributed by atoms with van der Waals surface area (Å²) < 4.78 is 5.45. The number of carbonyl (C=O) groups is 3. The predicted molar refractivity (Wildman–Crippen MR) is 126 cm³/mol. The zero-order valence-electron chi connectivity index (χ0n) is 17.9. The summed E-state index contributed by atoms with van der Waals surface area (Å²) in [5.41, 5.74) is 19.6. The van der Waals surface area contributed by atoms with E-state index in [1.165, 1.54) is 11.3 Å². The van der Waals surface area contributed by atoms with E-state index < -0.39 is 18.0 Å². The van der Waals surface area contributed by atoms with Crippen LogP contribution in [0.15, 0.2) is 30.3 Å². The van der Waals surface area contributed by atoms with E-state index in [0.29, 0.717) is 11.4 Å². The molecule has 0 saturated heterocycles. The van der Waals surface area contributed by atoms with Gasteiger partial charge in [0.2, 0.25) is 0 Å². The van der Waals surface area contributed by atoms with Gasteiger partial charge in [0.05, 0.1) is 5.56 Å². The maximum atomic E-state index is 12.1. The number of urea groups is 1. The lowest BCUT2D eigenvalue weighted by molar-refractivity contribution is -0.150. The van der Waals surface area contributed by atoms with E-state index in [0.717, 1.165) is 47.3 Å². The lowest BCUT2D eigenvalue weighted by Gasteiger charge is -2.14. The smallest absolute Gasteiger partial charge is 0.323 e. The number of anilines is 1. The Kier molecular flexibility index (Phi) is 7.66. The Morgan fingerprint density at radius 2 is 1.94 bits per heavy atom. The number of hydrogen-bond donors (Lipinski definition) is 4. The van der Waals surface area contributed by atoms with Crippen molar-refractivity contribution in [3.63, 3.8) is 0 Å². The fourth-order valence-corrected chi connectivity index (χ4v) is 4.70. The van der Waals surface area contributed by atoms with Crippen LogP contribution >= 0.6 is 11.3 Å². The van der Waals surface area contributed by atoms with Gasteiger partial charge in [-0.25, -0.2) is 4.79 Å². The number of rotatable bonds is 8. The zero-order chi connectivity index (χ0) is 23.3. The molecule has 7 N–H and O–H groups in total. The van der Waals surface area contributed by atoms with E-state index in [1.807, 2.05) is 37.3 Å². The summed E-state index contributed by atoms with van der Waals surface area (Å²) in [5.74, 6) is -0.993. The summed E-state index contributed by atoms with van der Waals surface area (Å²) in [6, 6.07) is 6.01. The summed E-state index contributed by atoms with van der Waals surface area (Å²) in [5, 5.41) is 2.76. The minimum atomic E-state index is -0.761. The number of nitrogens with two attached hydrogens (primary N) is 3. The maximum Gasteiger partial charge on any atom is 0.323 e. The first-order valence-electron chi connectivity index (χ1n) is 10.5. The topological polar surface area (TPSA) is 151 Å². The van der Waals surface area contributed by atoms with Crippen LogP contribution in [0.3, 0.4) is 0 Å². The first-order valence-corrected chi connectivity index (χ1v) is 11.3. The third kappa shape index (κ3) is 5.95. The predicted octanol–water partition coefficient (Wildman–Crippen LogP) is 3.53. The molecule has 1 fully saturated rings. The highest BCUT2D eigenvalue weighted by Crippen LogP contribution is 2.36. The number of hydrogen-bond acceptors (Lipinski definition) is 6. The van der Waals surface area contributed by atoms with Gasteiger partial charge in [-0.3, -0.25) is 14.9 Å². The van der Waals surface area contributed by atoms with Gasteiger partial charge in [-0.2, -0.15) is 0 Å². The first kappa shape index (κ1) is 23.5. The largest absolute Gasteiger partial charge is 0.461 e. The van der Waals surface area contributed by atoms with Crippen LogP contribution < -0.4 is 22.5 Å². The Bertz CT molecular complexity index is 1040. The second-order valence-corrected chi connectivity index (χ2v) is 8.92. The second-order valence-electron chi connectivity index (χ2n) is 7.87. The van der Waals surface area contributed by atoms with E-state index in [2.05, 4.69) is 5.32 Å². The van der Waals surface area contributed by atoms with Crippen molar-refractivity contribution in [2.45, 2.75) is 51.2 Å². The van der Waals surface area contributed by atoms with Crippen LogP contribution in [-0.2, 0) is 9.53 Å². The molecule has 0 aliphatic heterocycles. The SMILES string of the molecule is Cc1cc(-c2cc(C(N)=O)c(NC(N)=O)s2)ccc1C=CC[C@H](N)C(=O)OC1CCCC1. The molecule has 3 amide bonds. The Labute approximate surface area is 190 Å². The molecule has 8 nitrogen and oxygen atoms in total. The van der Waals surface area contributed by atoms with Gasteiger partial charge in [0.25, 0.3) is 5.91 Å². The maximum absolute atomic E-state index is 12.1. The van der Waals surface area contributed by atoms with E-state index in [9.17, 15) is 14.4 Å². The van der Waals surface area contributed by atoms with Crippen molar-refractivity contribution in [3.8, 4) is 10.4 Å². The van der Waals surface area contributed by atoms with Gasteiger partial charge in [-0.15, -0.1) is 11.3 Å². The molecule has 9 heteroatoms. The number of benzene rings is 1. The van der Waals surface area contributed by atoms with Crippen molar-refractivity contribution in [3.05, 3.63) is 47.0 Å². The summed E-state index contributed by atoms with van der Waals surface area (Å²) in [6.45, 7) is 1.96. The summed E-state index contributed by atoms with van der Waals surface area (Å²) in [4.78, 5) is 35.7. The lowest BCUT2D eigenvalue weighted by Crippen LogP contribution is -2.33. The average molecular weight is 457 g/mol. The fourth-order valence-electron chi connectivity index (χ4n) is 3.63. The third-order valence-corrected chi connectivity index (χ3v) is 6.46. The second kappa shape index (κ2) is 10.4. The van der Waals surface area contributed by atoms with Crippen LogP contribution in [0, 0.1) is 6.92 Å². The van der Waals surface area contributed by atoms with Crippen LogP contribution in [0.25, 0.3) is 16.5 Å². The van der Waals surface area contributed by atoms with Crippen molar-refractivity contribution in [2.24, 2.45) is 17.2 Å². The van der Waals surface area contributed by atoms with Crippen molar-refractivity contribution >= 4 is 40.3 Å². The van der Waals surface area contributed by atoms with Crippen LogP contribution in [0.5, 0.6) is 0 Å². The van der Waals surface area contributed by atoms with Crippen LogP contribution in [0.4, 0.5) is 9.80 Å². The summed E-state index contributed by atoms with van der Waals surface area (Å²) in [7, 11) is 0. The van der Waals surface area contributed by atoms with Gasteiger partial charge in [-0.1, -0.05) is 30.4 Å². The Hall–Kier alpha value is -3.17. The number of thiophene rings is 1. The number of primary amides is 2. The van der Waals surface area contributed by atoms with Gasteiger partial charge in [-0.05, 0) is 61.8 Å². The Balaban J connectivity index is 1.66. The van der Waals surface area contributed by atoms with Crippen molar-refractivity contribution in [2.75, 3.05) is 5.32 Å². The van der Waals surface area contributed by atoms with E-state index in [4.69, 9.17) is 21.9 Å². The zero-order valence-corrected chi connectivity index (χ0v) is 18.7. The van der Waals surface area contributed by atoms with Crippen molar-refractivity contribution < 1.29 is 19.1 Å². The summed E-state index contributed by atoms with van der Waals surface area (Å²) in [6.07, 6.45) is 8.23. The fraction of sp³-hybridized carbons (Fsp3) is 0.348. The molecular weight excluding hydrogens is 428 g/mol. The molecule has 0 unspecified atom stereocenters. The van der Waals surface area contributed by atoms with Crippen molar-refractivity contribution in [1.29, 1.82) is 0 Å². The van der Waals surface area contributed by atoms with Gasteiger partial charge in [0.15, 0.2) is 0 Å². The first-order chi connectivity index (χ1) is 15.2. The highest BCUT2D eigenvalue weighted by molar-refractivity contribution is 7.20. The number of aryl methyl sites for hydroxylation is 1. The molecule has 1 aliphatic carbocycles. The monoisotopic (exact) mass is 456 g/mol. The van der Waals surface area contributed by atoms with Gasteiger partial charge >= 0.3 is 12.0 Å². The van der Waals surface area contributed by atoms with Crippen molar-refractivity contribution in [1.82, 2.24) is 0 Å². The number of amides is 3. The highest BCUT2D eigenvalue weighted by atomic mass is 32.1. The number of nitrogens with one attached hydrogen (secondary N) is 1. The third-order valence-electron chi connectivity index (χ3n) is 5.36. The highest BCUT2D eigenvalue weighted by Gasteiger charge is 2.22.